The molecule has 26 heavy (non-hydrogen) atoms. The van der Waals surface area contributed by atoms with E-state index in [2.05, 4.69) is 31.2 Å². The highest BCUT2D eigenvalue weighted by Gasteiger charge is 2.47. The number of morpholine rings is 1. The maximum absolute atomic E-state index is 13.5. The van der Waals surface area contributed by atoms with Crippen LogP contribution in [0.25, 0.3) is 0 Å². The van der Waals surface area contributed by atoms with E-state index in [9.17, 15) is 13.2 Å². The van der Waals surface area contributed by atoms with E-state index in [0.29, 0.717) is 43.8 Å². The van der Waals surface area contributed by atoms with E-state index in [1.807, 2.05) is 0 Å². The molecule has 4 heterocycles. The Labute approximate surface area is 152 Å². The van der Waals surface area contributed by atoms with E-state index in [1.54, 1.807) is 11.8 Å². The minimum atomic E-state index is -4.48. The molecule has 0 spiro atoms. The molecule has 8 nitrogen and oxygen atoms in total. The maximum Gasteiger partial charge on any atom is 0.407 e. The average Bonchev–Trinajstić information content (AvgIpc) is 3.09. The fourth-order valence-electron chi connectivity index (χ4n) is 3.25. The van der Waals surface area contributed by atoms with Crippen LogP contribution in [-0.2, 0) is 4.74 Å². The Bertz CT molecular complexity index is 659. The third-order valence-corrected chi connectivity index (χ3v) is 5.45. The largest absolute Gasteiger partial charge is 0.407 e. The number of alkyl halides is 3. The van der Waals surface area contributed by atoms with Crippen LogP contribution in [0.2, 0.25) is 0 Å². The predicted molar refractivity (Wildman–Crippen MR) is 91.5 cm³/mol. The number of nitrogens with one attached hydrogen (secondary N) is 4. The van der Waals surface area contributed by atoms with Gasteiger partial charge in [0.05, 0.1) is 24.0 Å². The number of hydrogen-bond donors (Lipinski definition) is 5. The molecule has 0 bridgehead atoms. The second-order valence-electron chi connectivity index (χ2n) is 6.20. The topological polar surface area (TPSA) is 99.0 Å². The zero-order valence-electron chi connectivity index (χ0n) is 13.8. The van der Waals surface area contributed by atoms with Crippen molar-refractivity contribution < 1.29 is 17.9 Å². The molecule has 1 saturated heterocycles. The molecule has 0 radical (unpaired) electrons. The summed E-state index contributed by atoms with van der Waals surface area (Å²) in [6.45, 7) is 2.46. The number of aliphatic imine (C=N–C) groups is 1. The van der Waals surface area contributed by atoms with Crippen LogP contribution in [-0.4, -0.2) is 67.6 Å². The van der Waals surface area contributed by atoms with Crippen LogP contribution in [0.15, 0.2) is 27.5 Å². The Morgan fingerprint density at radius 1 is 1.31 bits per heavy atom. The highest BCUT2D eigenvalue weighted by Crippen LogP contribution is 2.34. The normalized spacial score (nSPS) is 32.2. The van der Waals surface area contributed by atoms with Crippen LogP contribution in [0, 0.1) is 0 Å². The van der Waals surface area contributed by atoms with Crippen molar-refractivity contribution in [3.8, 4) is 0 Å². The molecule has 3 atom stereocenters. The third-order valence-electron chi connectivity index (χ3n) is 4.49. The van der Waals surface area contributed by atoms with Crippen molar-refractivity contribution in [3.63, 3.8) is 0 Å². The van der Waals surface area contributed by atoms with Gasteiger partial charge < -0.3 is 25.6 Å². The van der Waals surface area contributed by atoms with Crippen molar-refractivity contribution in [2.24, 2.45) is 10.7 Å². The van der Waals surface area contributed by atoms with Crippen LogP contribution in [0.1, 0.15) is 0 Å². The van der Waals surface area contributed by atoms with Crippen molar-refractivity contribution in [1.82, 2.24) is 26.2 Å². The average molecular weight is 391 g/mol. The lowest BCUT2D eigenvalue weighted by Crippen LogP contribution is -2.62. The molecular formula is C14H20F3N7OS. The van der Waals surface area contributed by atoms with Crippen molar-refractivity contribution in [2.45, 2.75) is 24.7 Å². The van der Waals surface area contributed by atoms with E-state index in [4.69, 9.17) is 10.5 Å². The zero-order valence-corrected chi connectivity index (χ0v) is 14.6. The van der Waals surface area contributed by atoms with Gasteiger partial charge in [0, 0.05) is 24.9 Å². The minimum absolute atomic E-state index is 0.0511. The van der Waals surface area contributed by atoms with Gasteiger partial charge in [0.15, 0.2) is 0 Å². The Morgan fingerprint density at radius 3 is 2.81 bits per heavy atom. The number of halogens is 3. The summed E-state index contributed by atoms with van der Waals surface area (Å²) in [6, 6.07) is -1.87. The lowest BCUT2D eigenvalue weighted by Gasteiger charge is -2.38. The Hall–Kier alpha value is -1.63. The highest BCUT2D eigenvalue weighted by molar-refractivity contribution is 8.04. The molecule has 0 aromatic carbocycles. The minimum Gasteiger partial charge on any atom is -0.378 e. The smallest absolute Gasteiger partial charge is 0.378 e. The van der Waals surface area contributed by atoms with Crippen LogP contribution < -0.4 is 27.0 Å². The summed E-state index contributed by atoms with van der Waals surface area (Å²) in [5, 5.41) is 11.3. The number of nitrogens with zero attached hydrogens (tertiary/aromatic N) is 2. The fourth-order valence-corrected chi connectivity index (χ4v) is 4.19. The molecule has 6 N–H and O–H groups in total. The van der Waals surface area contributed by atoms with E-state index < -0.39 is 24.7 Å². The van der Waals surface area contributed by atoms with Crippen LogP contribution >= 0.6 is 11.8 Å². The van der Waals surface area contributed by atoms with Gasteiger partial charge in [-0.1, -0.05) is 11.8 Å². The van der Waals surface area contributed by atoms with Crippen LogP contribution in [0.5, 0.6) is 0 Å². The van der Waals surface area contributed by atoms with Gasteiger partial charge in [0.25, 0.3) is 0 Å². The summed E-state index contributed by atoms with van der Waals surface area (Å²) in [7, 11) is 0. The predicted octanol–water partition coefficient (Wildman–Crippen LogP) is -0.641. The Balaban J connectivity index is 1.66. The number of rotatable bonds is 1. The molecule has 0 aromatic heterocycles. The number of amidine groups is 1. The van der Waals surface area contributed by atoms with Crippen molar-refractivity contribution in [2.75, 3.05) is 32.2 Å². The van der Waals surface area contributed by atoms with Gasteiger partial charge >= 0.3 is 6.18 Å². The van der Waals surface area contributed by atoms with Gasteiger partial charge in [0.1, 0.15) is 30.2 Å². The summed E-state index contributed by atoms with van der Waals surface area (Å²) in [6.07, 6.45) is -4.98. The SMILES string of the molecule is NC1NC=C(C2N=C(N3CCOCC3)C3=C(NCS3)N2)C(C(F)(F)F)N1. The molecule has 144 valence electrons. The van der Waals surface area contributed by atoms with Gasteiger partial charge in [-0.3, -0.25) is 11.1 Å². The number of nitrogens with two attached hydrogens (primary N) is 1. The molecule has 4 rings (SSSR count). The van der Waals surface area contributed by atoms with Crippen LogP contribution in [0.4, 0.5) is 13.2 Å². The quantitative estimate of drug-likeness (QED) is 0.403. The fraction of sp³-hybridized carbons (Fsp3) is 0.643. The van der Waals surface area contributed by atoms with E-state index in [-0.39, 0.29) is 5.57 Å². The number of hydrogen-bond acceptors (Lipinski definition) is 9. The zero-order chi connectivity index (χ0) is 18.3. The van der Waals surface area contributed by atoms with Gasteiger partial charge in [-0.2, -0.15) is 13.2 Å². The Morgan fingerprint density at radius 2 is 2.08 bits per heavy atom. The van der Waals surface area contributed by atoms with Crippen molar-refractivity contribution in [1.29, 1.82) is 0 Å². The van der Waals surface area contributed by atoms with E-state index in [1.165, 1.54) is 6.20 Å². The molecule has 0 amide bonds. The molecule has 4 aliphatic heterocycles. The van der Waals surface area contributed by atoms with Crippen molar-refractivity contribution in [3.05, 3.63) is 22.5 Å². The second-order valence-corrected chi connectivity index (χ2v) is 7.18. The van der Waals surface area contributed by atoms with E-state index in [0.717, 1.165) is 4.91 Å². The Kier molecular flexibility index (Phi) is 4.67. The number of thioether (sulfide) groups is 1. The second kappa shape index (κ2) is 6.83. The first kappa shape index (κ1) is 17.8. The first-order valence-electron chi connectivity index (χ1n) is 8.26. The maximum atomic E-state index is 13.5. The lowest BCUT2D eigenvalue weighted by atomic mass is 10.0. The molecule has 1 fully saturated rings. The summed E-state index contributed by atoms with van der Waals surface area (Å²) in [4.78, 5) is 7.62. The van der Waals surface area contributed by atoms with Gasteiger partial charge in [-0.15, -0.1) is 0 Å². The third kappa shape index (κ3) is 3.33. The molecule has 3 unspecified atom stereocenters. The monoisotopic (exact) mass is 391 g/mol. The van der Waals surface area contributed by atoms with Gasteiger partial charge in [-0.05, 0) is 0 Å². The molecule has 0 aliphatic carbocycles. The summed E-state index contributed by atoms with van der Waals surface area (Å²) in [5.41, 5.74) is 5.62. The van der Waals surface area contributed by atoms with Crippen LogP contribution in [0.3, 0.4) is 0 Å². The number of ether oxygens (including phenoxy) is 1. The summed E-state index contributed by atoms with van der Waals surface area (Å²) < 4.78 is 45.9. The van der Waals surface area contributed by atoms with Gasteiger partial charge in [-0.25, -0.2) is 4.99 Å². The molecular weight excluding hydrogens is 371 g/mol. The summed E-state index contributed by atoms with van der Waals surface area (Å²) in [5.74, 6) is 2.07. The first-order chi connectivity index (χ1) is 12.4. The van der Waals surface area contributed by atoms with E-state index >= 15 is 0 Å². The standard InChI is InChI=1S/C14H20F3N7OS/c15-14(16,17)9-7(5-19-13(18)21-9)10-22-11-8(26-6-20-11)12(23-10)24-1-3-25-4-2-24/h5,9-10,13,19-22H,1-4,6,18H2. The molecule has 0 aromatic rings. The molecule has 0 saturated carbocycles. The van der Waals surface area contributed by atoms with Crippen molar-refractivity contribution >= 4 is 17.6 Å². The highest BCUT2D eigenvalue weighted by atomic mass is 32.2. The van der Waals surface area contributed by atoms with Gasteiger partial charge in [0.2, 0.25) is 0 Å². The summed E-state index contributed by atoms with van der Waals surface area (Å²) >= 11 is 1.58. The molecule has 4 aliphatic rings. The lowest BCUT2D eigenvalue weighted by molar-refractivity contribution is -0.151. The molecule has 12 heteroatoms. The first-order valence-corrected chi connectivity index (χ1v) is 9.25.